The maximum Gasteiger partial charge on any atom is 0.242 e. The minimum atomic E-state index is -3.64. The van der Waals surface area contributed by atoms with Crippen molar-refractivity contribution in [3.63, 3.8) is 0 Å². The van der Waals surface area contributed by atoms with E-state index in [2.05, 4.69) is 9.71 Å². The van der Waals surface area contributed by atoms with Crippen LogP contribution in [-0.2, 0) is 16.6 Å². The van der Waals surface area contributed by atoms with Crippen molar-refractivity contribution in [2.75, 3.05) is 19.0 Å². The highest BCUT2D eigenvalue weighted by Crippen LogP contribution is 2.20. The van der Waals surface area contributed by atoms with Crippen molar-refractivity contribution < 1.29 is 8.42 Å². The summed E-state index contributed by atoms with van der Waals surface area (Å²) in [5, 5.41) is 0.203. The number of rotatable bonds is 5. The van der Waals surface area contributed by atoms with Crippen LogP contribution in [0.1, 0.15) is 5.56 Å². The largest absolute Gasteiger partial charge is 0.363 e. The van der Waals surface area contributed by atoms with E-state index in [9.17, 15) is 8.42 Å². The van der Waals surface area contributed by atoms with Crippen LogP contribution in [0.4, 0.5) is 5.82 Å². The zero-order valence-electron chi connectivity index (χ0n) is 11.7. The summed E-state index contributed by atoms with van der Waals surface area (Å²) < 4.78 is 27.0. The molecule has 0 atom stereocenters. The molecule has 0 aliphatic carbocycles. The molecule has 7 heteroatoms. The summed E-state index contributed by atoms with van der Waals surface area (Å²) in [6.45, 7) is 0.177. The fraction of sp³-hybridized carbons (Fsp3) is 0.214. The molecule has 0 amide bonds. The molecule has 1 N–H and O–H groups in total. The van der Waals surface area contributed by atoms with Crippen LogP contribution in [0.2, 0.25) is 5.02 Å². The summed E-state index contributed by atoms with van der Waals surface area (Å²) >= 11 is 5.92. The number of halogens is 1. The van der Waals surface area contributed by atoms with Gasteiger partial charge in [-0.3, -0.25) is 0 Å². The van der Waals surface area contributed by atoms with Crippen LogP contribution in [-0.4, -0.2) is 27.5 Å². The summed E-state index contributed by atoms with van der Waals surface area (Å²) in [5.41, 5.74) is 0.823. The quantitative estimate of drug-likeness (QED) is 0.916. The fourth-order valence-electron chi connectivity index (χ4n) is 1.73. The first kappa shape index (κ1) is 15.8. The highest BCUT2D eigenvalue weighted by atomic mass is 35.5. The van der Waals surface area contributed by atoms with Crippen molar-refractivity contribution in [1.29, 1.82) is 0 Å². The van der Waals surface area contributed by atoms with Gasteiger partial charge in [0.2, 0.25) is 10.0 Å². The predicted molar refractivity (Wildman–Crippen MR) is 84.0 cm³/mol. The standard InChI is InChI=1S/C14H16ClN3O2S/c1-18(2)14-9-11(7-8-16-14)10-17-21(19,20)13-6-4-3-5-12(13)15/h3-9,17H,10H2,1-2H3. The van der Waals surface area contributed by atoms with Crippen molar-refractivity contribution in [2.45, 2.75) is 11.4 Å². The molecule has 2 rings (SSSR count). The van der Waals surface area contributed by atoms with Gasteiger partial charge in [0.1, 0.15) is 10.7 Å². The Morgan fingerprint density at radius 1 is 1.24 bits per heavy atom. The molecule has 2 aromatic rings. The molecule has 0 bridgehead atoms. The van der Waals surface area contributed by atoms with Gasteiger partial charge in [-0.1, -0.05) is 23.7 Å². The van der Waals surface area contributed by atoms with Gasteiger partial charge in [0.15, 0.2) is 0 Å². The first-order valence-corrected chi connectivity index (χ1v) is 8.13. The second-order valence-corrected chi connectivity index (χ2v) is 6.81. The predicted octanol–water partition coefficient (Wildman–Crippen LogP) is 2.28. The molecule has 0 saturated heterocycles. The number of hydrogen-bond acceptors (Lipinski definition) is 4. The highest BCUT2D eigenvalue weighted by Gasteiger charge is 2.16. The molecule has 0 unspecified atom stereocenters. The first-order chi connectivity index (χ1) is 9.90. The van der Waals surface area contributed by atoms with Gasteiger partial charge in [-0.05, 0) is 29.8 Å². The van der Waals surface area contributed by atoms with E-state index in [1.807, 2.05) is 25.1 Å². The Kier molecular flexibility index (Phi) is 4.82. The fourth-order valence-corrected chi connectivity index (χ4v) is 3.27. The highest BCUT2D eigenvalue weighted by molar-refractivity contribution is 7.89. The molecule has 5 nitrogen and oxygen atoms in total. The second kappa shape index (κ2) is 6.43. The number of anilines is 1. The Hall–Kier alpha value is -1.63. The average Bonchev–Trinajstić information content (AvgIpc) is 2.46. The van der Waals surface area contributed by atoms with Crippen molar-refractivity contribution in [3.05, 3.63) is 53.2 Å². The number of sulfonamides is 1. The van der Waals surface area contributed by atoms with Crippen molar-refractivity contribution >= 4 is 27.4 Å². The van der Waals surface area contributed by atoms with E-state index in [0.717, 1.165) is 11.4 Å². The number of aromatic nitrogens is 1. The van der Waals surface area contributed by atoms with Crippen LogP contribution in [0.3, 0.4) is 0 Å². The van der Waals surface area contributed by atoms with Crippen molar-refractivity contribution in [2.24, 2.45) is 0 Å². The molecule has 0 radical (unpaired) electrons. The minimum absolute atomic E-state index is 0.0774. The number of benzene rings is 1. The molecule has 1 aromatic heterocycles. The molecule has 0 aliphatic heterocycles. The Bertz CT molecular complexity index is 733. The van der Waals surface area contributed by atoms with Gasteiger partial charge in [0, 0.05) is 26.8 Å². The maximum absolute atomic E-state index is 12.2. The molecule has 1 aromatic carbocycles. The van der Waals surface area contributed by atoms with Gasteiger partial charge in [-0.15, -0.1) is 0 Å². The number of pyridine rings is 1. The molecular weight excluding hydrogens is 310 g/mol. The third-order valence-corrected chi connectivity index (χ3v) is 4.76. The third-order valence-electron chi connectivity index (χ3n) is 2.86. The van der Waals surface area contributed by atoms with Crippen LogP contribution >= 0.6 is 11.6 Å². The van der Waals surface area contributed by atoms with E-state index in [0.29, 0.717) is 0 Å². The number of nitrogens with zero attached hydrogens (tertiary/aromatic N) is 2. The molecule has 0 spiro atoms. The number of hydrogen-bond donors (Lipinski definition) is 1. The molecule has 21 heavy (non-hydrogen) atoms. The van der Waals surface area contributed by atoms with Crippen molar-refractivity contribution in [3.8, 4) is 0 Å². The summed E-state index contributed by atoms with van der Waals surface area (Å²) in [5.74, 6) is 0.768. The topological polar surface area (TPSA) is 62.3 Å². The minimum Gasteiger partial charge on any atom is -0.363 e. The van der Waals surface area contributed by atoms with E-state index in [1.54, 1.807) is 30.5 Å². The summed E-state index contributed by atoms with van der Waals surface area (Å²) in [6.07, 6.45) is 1.65. The van der Waals surface area contributed by atoms with Gasteiger partial charge < -0.3 is 4.90 Å². The van der Waals surface area contributed by atoms with Gasteiger partial charge >= 0.3 is 0 Å². The summed E-state index contributed by atoms with van der Waals surface area (Å²) in [7, 11) is 0.112. The molecule has 0 saturated carbocycles. The van der Waals surface area contributed by atoms with E-state index < -0.39 is 10.0 Å². The van der Waals surface area contributed by atoms with Crippen molar-refractivity contribution in [1.82, 2.24) is 9.71 Å². The Labute approximate surface area is 129 Å². The van der Waals surface area contributed by atoms with Gasteiger partial charge in [0.05, 0.1) is 5.02 Å². The van der Waals surface area contributed by atoms with Crippen LogP contribution in [0, 0.1) is 0 Å². The monoisotopic (exact) mass is 325 g/mol. The van der Waals surface area contributed by atoms with Gasteiger partial charge in [-0.2, -0.15) is 0 Å². The van der Waals surface area contributed by atoms with Gasteiger partial charge in [-0.25, -0.2) is 18.1 Å². The van der Waals surface area contributed by atoms with Gasteiger partial charge in [0.25, 0.3) is 0 Å². The van der Waals surface area contributed by atoms with E-state index >= 15 is 0 Å². The lowest BCUT2D eigenvalue weighted by molar-refractivity contribution is 0.581. The van der Waals surface area contributed by atoms with Crippen LogP contribution in [0.15, 0.2) is 47.5 Å². The SMILES string of the molecule is CN(C)c1cc(CNS(=O)(=O)c2ccccc2Cl)ccn1. The van der Waals surface area contributed by atoms with E-state index in [-0.39, 0.29) is 16.5 Å². The van der Waals surface area contributed by atoms with E-state index in [4.69, 9.17) is 11.6 Å². The second-order valence-electron chi connectivity index (χ2n) is 4.67. The maximum atomic E-state index is 12.2. The lowest BCUT2D eigenvalue weighted by Gasteiger charge is -2.13. The molecule has 112 valence electrons. The molecule has 1 heterocycles. The van der Waals surface area contributed by atoms with Crippen LogP contribution in [0.5, 0.6) is 0 Å². The summed E-state index contributed by atoms with van der Waals surface area (Å²) in [4.78, 5) is 6.11. The molecule has 0 aliphatic rings. The normalized spacial score (nSPS) is 11.4. The molecule has 0 fully saturated rings. The lowest BCUT2D eigenvalue weighted by Crippen LogP contribution is -2.23. The average molecular weight is 326 g/mol. The molecular formula is C14H16ClN3O2S. The zero-order valence-corrected chi connectivity index (χ0v) is 13.3. The van der Waals surface area contributed by atoms with Crippen LogP contribution in [0.25, 0.3) is 0 Å². The first-order valence-electron chi connectivity index (χ1n) is 6.26. The van der Waals surface area contributed by atoms with E-state index in [1.165, 1.54) is 6.07 Å². The lowest BCUT2D eigenvalue weighted by atomic mass is 10.2. The Balaban J connectivity index is 2.16. The zero-order chi connectivity index (χ0) is 15.5. The number of nitrogens with one attached hydrogen (secondary N) is 1. The third kappa shape index (κ3) is 3.93. The van der Waals surface area contributed by atoms with Crippen LogP contribution < -0.4 is 9.62 Å². The Morgan fingerprint density at radius 2 is 1.95 bits per heavy atom. The summed E-state index contributed by atoms with van der Waals surface area (Å²) in [6, 6.07) is 9.94. The smallest absolute Gasteiger partial charge is 0.242 e. The Morgan fingerprint density at radius 3 is 2.62 bits per heavy atom.